The quantitative estimate of drug-likeness (QED) is 0.899. The summed E-state index contributed by atoms with van der Waals surface area (Å²) in [7, 11) is 0. The Bertz CT molecular complexity index is 611. The molecule has 0 amide bonds. The number of hydrogen-bond acceptors (Lipinski definition) is 4. The van der Waals surface area contributed by atoms with Crippen molar-refractivity contribution in [2.45, 2.75) is 63.0 Å². The van der Waals surface area contributed by atoms with Crippen LogP contribution >= 0.6 is 0 Å². The fourth-order valence-electron chi connectivity index (χ4n) is 4.14. The van der Waals surface area contributed by atoms with Crippen LogP contribution in [0.3, 0.4) is 0 Å². The van der Waals surface area contributed by atoms with Gasteiger partial charge in [0, 0.05) is 37.5 Å². The lowest BCUT2D eigenvalue weighted by Gasteiger charge is -2.45. The molecule has 1 aromatic heterocycles. The summed E-state index contributed by atoms with van der Waals surface area (Å²) in [6, 6.07) is 3.56. The average Bonchev–Trinajstić information content (AvgIpc) is 3.32. The van der Waals surface area contributed by atoms with Crippen molar-refractivity contribution in [2.24, 2.45) is 5.92 Å². The molecule has 1 aromatic rings. The Morgan fingerprint density at radius 2 is 1.91 bits per heavy atom. The highest BCUT2D eigenvalue weighted by Crippen LogP contribution is 2.38. The van der Waals surface area contributed by atoms with Crippen LogP contribution in [-0.4, -0.2) is 45.0 Å². The zero-order chi connectivity index (χ0) is 15.9. The number of hydrogen-bond donors (Lipinski definition) is 1. The Balaban J connectivity index is 1.30. The SMILES string of the molecule is O=c1ccc(C2CC2)nn1CC1CN(CC2(O)CCCCC2)C1. The summed E-state index contributed by atoms with van der Waals surface area (Å²) in [4.78, 5) is 14.3. The summed E-state index contributed by atoms with van der Waals surface area (Å²) >= 11 is 0. The van der Waals surface area contributed by atoms with Crippen LogP contribution in [0.5, 0.6) is 0 Å². The summed E-state index contributed by atoms with van der Waals surface area (Å²) < 4.78 is 1.66. The van der Waals surface area contributed by atoms with Gasteiger partial charge in [-0.15, -0.1) is 0 Å². The second-order valence-electron chi connectivity index (χ2n) is 7.90. The van der Waals surface area contributed by atoms with E-state index >= 15 is 0 Å². The molecule has 5 heteroatoms. The number of β-amino-alcohol motifs (C(OH)–C–C–N with tert-alkyl or cyclic N) is 1. The maximum atomic E-state index is 12.0. The highest BCUT2D eigenvalue weighted by molar-refractivity contribution is 5.12. The van der Waals surface area contributed by atoms with E-state index in [1.54, 1.807) is 10.7 Å². The predicted octanol–water partition coefficient (Wildman–Crippen LogP) is 1.75. The first-order valence-electron chi connectivity index (χ1n) is 9.14. The molecule has 2 aliphatic carbocycles. The molecular formula is C18H27N3O2. The van der Waals surface area contributed by atoms with Gasteiger partial charge >= 0.3 is 0 Å². The van der Waals surface area contributed by atoms with E-state index in [0.717, 1.165) is 51.0 Å². The second kappa shape index (κ2) is 6.02. The monoisotopic (exact) mass is 317 g/mol. The van der Waals surface area contributed by atoms with Crippen molar-refractivity contribution in [3.8, 4) is 0 Å². The molecule has 0 bridgehead atoms. The Morgan fingerprint density at radius 3 is 2.61 bits per heavy atom. The Labute approximate surface area is 137 Å². The van der Waals surface area contributed by atoms with E-state index in [1.165, 1.54) is 19.3 Å². The molecule has 1 aliphatic heterocycles. The van der Waals surface area contributed by atoms with Gasteiger partial charge < -0.3 is 5.11 Å². The van der Waals surface area contributed by atoms with Crippen LogP contribution in [0.2, 0.25) is 0 Å². The van der Waals surface area contributed by atoms with Crippen LogP contribution in [0.4, 0.5) is 0 Å². The van der Waals surface area contributed by atoms with Gasteiger partial charge in [0.1, 0.15) is 0 Å². The first-order valence-corrected chi connectivity index (χ1v) is 9.14. The fraction of sp³-hybridized carbons (Fsp3) is 0.778. The first-order chi connectivity index (χ1) is 11.1. The normalized spacial score (nSPS) is 25.3. The molecule has 23 heavy (non-hydrogen) atoms. The van der Waals surface area contributed by atoms with Crippen LogP contribution in [0, 0.1) is 5.92 Å². The topological polar surface area (TPSA) is 58.4 Å². The lowest BCUT2D eigenvalue weighted by Crippen LogP contribution is -2.55. The highest BCUT2D eigenvalue weighted by atomic mass is 16.3. The van der Waals surface area contributed by atoms with Gasteiger partial charge in [0.15, 0.2) is 0 Å². The van der Waals surface area contributed by atoms with Gasteiger partial charge in [-0.2, -0.15) is 5.10 Å². The third-order valence-electron chi connectivity index (χ3n) is 5.65. The van der Waals surface area contributed by atoms with Gasteiger partial charge in [0.25, 0.3) is 5.56 Å². The molecule has 5 nitrogen and oxygen atoms in total. The van der Waals surface area contributed by atoms with E-state index in [1.807, 2.05) is 6.07 Å². The number of aliphatic hydroxyl groups is 1. The van der Waals surface area contributed by atoms with Crippen molar-refractivity contribution >= 4 is 0 Å². The van der Waals surface area contributed by atoms with E-state index in [0.29, 0.717) is 18.4 Å². The van der Waals surface area contributed by atoms with Gasteiger partial charge in [0.2, 0.25) is 0 Å². The van der Waals surface area contributed by atoms with E-state index in [2.05, 4.69) is 10.00 Å². The predicted molar refractivity (Wildman–Crippen MR) is 88.4 cm³/mol. The maximum absolute atomic E-state index is 12.0. The lowest BCUT2D eigenvalue weighted by molar-refractivity contribution is -0.0556. The van der Waals surface area contributed by atoms with Crippen LogP contribution < -0.4 is 5.56 Å². The lowest BCUT2D eigenvalue weighted by atomic mass is 9.83. The third kappa shape index (κ3) is 3.50. The Morgan fingerprint density at radius 1 is 1.17 bits per heavy atom. The number of rotatable bonds is 5. The van der Waals surface area contributed by atoms with E-state index in [-0.39, 0.29) is 5.56 Å². The molecule has 0 spiro atoms. The number of nitrogens with zero attached hydrogens (tertiary/aromatic N) is 3. The molecule has 0 atom stereocenters. The summed E-state index contributed by atoms with van der Waals surface area (Å²) in [5, 5.41) is 15.2. The Hall–Kier alpha value is -1.20. The zero-order valence-corrected chi connectivity index (χ0v) is 13.8. The number of likely N-dealkylation sites (tertiary alicyclic amines) is 1. The van der Waals surface area contributed by atoms with Crippen LogP contribution in [0.1, 0.15) is 56.6 Å². The van der Waals surface area contributed by atoms with Crippen molar-refractivity contribution in [3.63, 3.8) is 0 Å². The molecule has 1 N–H and O–H groups in total. The molecule has 3 fully saturated rings. The average molecular weight is 317 g/mol. The minimum absolute atomic E-state index is 0.0127. The molecule has 0 aromatic carbocycles. The molecule has 4 rings (SSSR count). The van der Waals surface area contributed by atoms with Gasteiger partial charge in [-0.1, -0.05) is 19.3 Å². The van der Waals surface area contributed by atoms with Gasteiger partial charge in [0.05, 0.1) is 17.8 Å². The van der Waals surface area contributed by atoms with Crippen molar-refractivity contribution in [2.75, 3.05) is 19.6 Å². The van der Waals surface area contributed by atoms with Gasteiger partial charge in [-0.3, -0.25) is 9.69 Å². The molecule has 2 heterocycles. The minimum atomic E-state index is -0.468. The largest absolute Gasteiger partial charge is 0.389 e. The molecule has 126 valence electrons. The van der Waals surface area contributed by atoms with Crippen LogP contribution in [-0.2, 0) is 6.54 Å². The first kappa shape index (κ1) is 15.3. The fourth-order valence-corrected chi connectivity index (χ4v) is 4.14. The highest BCUT2D eigenvalue weighted by Gasteiger charge is 2.36. The molecular weight excluding hydrogens is 290 g/mol. The third-order valence-corrected chi connectivity index (χ3v) is 5.65. The van der Waals surface area contributed by atoms with Crippen LogP contribution in [0.25, 0.3) is 0 Å². The summed E-state index contributed by atoms with van der Waals surface area (Å²) in [5.74, 6) is 1.07. The molecule has 1 saturated heterocycles. The maximum Gasteiger partial charge on any atom is 0.266 e. The van der Waals surface area contributed by atoms with Crippen molar-refractivity contribution in [3.05, 3.63) is 28.2 Å². The van der Waals surface area contributed by atoms with Gasteiger partial charge in [-0.05, 0) is 31.7 Å². The van der Waals surface area contributed by atoms with Crippen molar-refractivity contribution < 1.29 is 5.11 Å². The van der Waals surface area contributed by atoms with Gasteiger partial charge in [-0.25, -0.2) is 4.68 Å². The smallest absolute Gasteiger partial charge is 0.266 e. The summed E-state index contributed by atoms with van der Waals surface area (Å²) in [6.07, 6.45) is 7.87. The van der Waals surface area contributed by atoms with E-state index < -0.39 is 5.60 Å². The van der Waals surface area contributed by atoms with E-state index in [4.69, 9.17) is 0 Å². The summed E-state index contributed by atoms with van der Waals surface area (Å²) in [5.41, 5.74) is 0.626. The van der Waals surface area contributed by atoms with Crippen molar-refractivity contribution in [1.82, 2.24) is 14.7 Å². The molecule has 0 unspecified atom stereocenters. The number of aromatic nitrogens is 2. The molecule has 0 radical (unpaired) electrons. The van der Waals surface area contributed by atoms with Crippen LogP contribution in [0.15, 0.2) is 16.9 Å². The van der Waals surface area contributed by atoms with E-state index in [9.17, 15) is 9.90 Å². The summed E-state index contributed by atoms with van der Waals surface area (Å²) in [6.45, 7) is 3.47. The minimum Gasteiger partial charge on any atom is -0.389 e. The zero-order valence-electron chi connectivity index (χ0n) is 13.8. The second-order valence-corrected chi connectivity index (χ2v) is 7.90. The molecule has 2 saturated carbocycles. The molecule has 3 aliphatic rings. The Kier molecular flexibility index (Phi) is 4.01. The standard InChI is InChI=1S/C18H27N3O2/c22-17-7-6-16(15-4-5-15)19-21(17)12-14-10-20(11-14)13-18(23)8-2-1-3-9-18/h6-7,14-15,23H,1-5,8-13H2. The van der Waals surface area contributed by atoms with Crippen molar-refractivity contribution in [1.29, 1.82) is 0 Å².